The van der Waals surface area contributed by atoms with Gasteiger partial charge < -0.3 is 10.6 Å². The van der Waals surface area contributed by atoms with Crippen molar-refractivity contribution < 1.29 is 13.2 Å². The van der Waals surface area contributed by atoms with Crippen LogP contribution in [-0.2, 0) is 12.7 Å². The average Bonchev–Trinajstić information content (AvgIpc) is 2.97. The van der Waals surface area contributed by atoms with Gasteiger partial charge in [0.15, 0.2) is 5.69 Å². The molecule has 0 aliphatic rings. The molecule has 2 aromatic heterocycles. The topological polar surface area (TPSA) is 49.8 Å². The Labute approximate surface area is 130 Å². The van der Waals surface area contributed by atoms with Crippen molar-refractivity contribution in [2.24, 2.45) is 0 Å². The van der Waals surface area contributed by atoms with Crippen molar-refractivity contribution in [3.05, 3.63) is 34.2 Å². The Bertz CT molecular complexity index is 599. The van der Waals surface area contributed by atoms with Gasteiger partial charge in [0, 0.05) is 17.0 Å². The Hall–Kier alpha value is -1.83. The van der Waals surface area contributed by atoms with E-state index in [9.17, 15) is 13.2 Å². The molecule has 2 heterocycles. The van der Waals surface area contributed by atoms with Crippen LogP contribution in [-0.4, -0.2) is 16.0 Å². The van der Waals surface area contributed by atoms with Crippen LogP contribution in [0.1, 0.15) is 30.8 Å². The SMILES string of the molecule is CC[C@@H](C)Nc1nc(NCc2cccs2)cc(C(F)(F)F)n1. The van der Waals surface area contributed by atoms with Crippen LogP contribution >= 0.6 is 11.3 Å². The van der Waals surface area contributed by atoms with Crippen molar-refractivity contribution in [1.82, 2.24) is 9.97 Å². The van der Waals surface area contributed by atoms with Crippen LogP contribution in [0, 0.1) is 0 Å². The molecule has 0 spiro atoms. The zero-order chi connectivity index (χ0) is 16.2. The van der Waals surface area contributed by atoms with Crippen LogP contribution in [0.25, 0.3) is 0 Å². The lowest BCUT2D eigenvalue weighted by atomic mass is 10.3. The van der Waals surface area contributed by atoms with Gasteiger partial charge >= 0.3 is 6.18 Å². The number of alkyl halides is 3. The highest BCUT2D eigenvalue weighted by molar-refractivity contribution is 7.09. The summed E-state index contributed by atoms with van der Waals surface area (Å²) >= 11 is 1.53. The molecular weight excluding hydrogens is 313 g/mol. The highest BCUT2D eigenvalue weighted by atomic mass is 32.1. The van der Waals surface area contributed by atoms with Gasteiger partial charge in [0.25, 0.3) is 0 Å². The second-order valence-corrected chi connectivity index (χ2v) is 5.88. The van der Waals surface area contributed by atoms with Crippen molar-refractivity contribution in [3.63, 3.8) is 0 Å². The summed E-state index contributed by atoms with van der Waals surface area (Å²) in [5.74, 6) is 0.138. The number of anilines is 2. The van der Waals surface area contributed by atoms with E-state index in [0.29, 0.717) is 6.54 Å². The summed E-state index contributed by atoms with van der Waals surface area (Å²) in [4.78, 5) is 8.68. The molecule has 0 aliphatic heterocycles. The van der Waals surface area contributed by atoms with Crippen LogP contribution < -0.4 is 10.6 Å². The minimum Gasteiger partial charge on any atom is -0.365 e. The van der Waals surface area contributed by atoms with E-state index in [1.165, 1.54) is 11.3 Å². The summed E-state index contributed by atoms with van der Waals surface area (Å²) in [6.45, 7) is 4.22. The molecule has 0 saturated heterocycles. The predicted molar refractivity (Wildman–Crippen MR) is 82.1 cm³/mol. The average molecular weight is 330 g/mol. The third-order valence-electron chi connectivity index (χ3n) is 3.03. The quantitative estimate of drug-likeness (QED) is 0.825. The van der Waals surface area contributed by atoms with Gasteiger partial charge in [-0.2, -0.15) is 18.2 Å². The number of halogens is 3. The molecular formula is C14H17F3N4S. The van der Waals surface area contributed by atoms with Gasteiger partial charge in [0.05, 0.1) is 6.54 Å². The largest absolute Gasteiger partial charge is 0.433 e. The normalized spacial score (nSPS) is 13.0. The summed E-state index contributed by atoms with van der Waals surface area (Å²) < 4.78 is 38.8. The van der Waals surface area contributed by atoms with Crippen molar-refractivity contribution in [1.29, 1.82) is 0 Å². The number of hydrogen-bond donors (Lipinski definition) is 2. The Morgan fingerprint density at radius 1 is 1.32 bits per heavy atom. The van der Waals surface area contributed by atoms with E-state index in [-0.39, 0.29) is 17.8 Å². The second kappa shape index (κ2) is 6.95. The predicted octanol–water partition coefficient (Wildman–Crippen LogP) is 4.38. The van der Waals surface area contributed by atoms with E-state index in [1.54, 1.807) is 0 Å². The first-order valence-corrected chi connectivity index (χ1v) is 7.75. The fourth-order valence-electron chi connectivity index (χ4n) is 1.66. The lowest BCUT2D eigenvalue weighted by Crippen LogP contribution is -2.19. The van der Waals surface area contributed by atoms with Gasteiger partial charge in [0.2, 0.25) is 5.95 Å². The molecule has 4 nitrogen and oxygen atoms in total. The first-order valence-electron chi connectivity index (χ1n) is 6.87. The molecule has 0 saturated carbocycles. The summed E-state index contributed by atoms with van der Waals surface area (Å²) in [6.07, 6.45) is -3.74. The maximum Gasteiger partial charge on any atom is 0.433 e. The van der Waals surface area contributed by atoms with Crippen molar-refractivity contribution >= 4 is 23.1 Å². The minimum absolute atomic E-state index is 0.00590. The molecule has 22 heavy (non-hydrogen) atoms. The Balaban J connectivity index is 2.21. The third kappa shape index (κ3) is 4.59. The maximum atomic E-state index is 12.9. The van der Waals surface area contributed by atoms with Gasteiger partial charge in [0.1, 0.15) is 5.82 Å². The number of nitrogens with one attached hydrogen (secondary N) is 2. The standard InChI is InChI=1S/C14H17F3N4S/c1-3-9(2)19-13-20-11(14(15,16)17)7-12(21-13)18-8-10-5-4-6-22-10/h4-7,9H,3,8H2,1-2H3,(H2,18,19,20,21)/t9-/m1/s1. The zero-order valence-electron chi connectivity index (χ0n) is 12.2. The summed E-state index contributed by atoms with van der Waals surface area (Å²) in [7, 11) is 0. The van der Waals surface area contributed by atoms with Crippen molar-refractivity contribution in [3.8, 4) is 0 Å². The molecule has 2 N–H and O–H groups in total. The van der Waals surface area contributed by atoms with Gasteiger partial charge in [-0.05, 0) is 24.8 Å². The third-order valence-corrected chi connectivity index (χ3v) is 3.90. The highest BCUT2D eigenvalue weighted by Gasteiger charge is 2.33. The van der Waals surface area contributed by atoms with Crippen molar-refractivity contribution in [2.45, 2.75) is 39.0 Å². The van der Waals surface area contributed by atoms with Crippen LogP contribution in [0.15, 0.2) is 23.6 Å². The molecule has 8 heteroatoms. The lowest BCUT2D eigenvalue weighted by Gasteiger charge is -2.15. The summed E-state index contributed by atoms with van der Waals surface area (Å²) in [6, 6.07) is 4.71. The van der Waals surface area contributed by atoms with Crippen LogP contribution in [0.4, 0.5) is 24.9 Å². The fourth-order valence-corrected chi connectivity index (χ4v) is 2.31. The second-order valence-electron chi connectivity index (χ2n) is 4.85. The van der Waals surface area contributed by atoms with E-state index in [4.69, 9.17) is 0 Å². The van der Waals surface area contributed by atoms with E-state index in [1.807, 2.05) is 31.4 Å². The van der Waals surface area contributed by atoms with E-state index in [2.05, 4.69) is 20.6 Å². The smallest absolute Gasteiger partial charge is 0.365 e. The Morgan fingerprint density at radius 3 is 2.68 bits per heavy atom. The molecule has 0 aliphatic carbocycles. The fraction of sp³-hybridized carbons (Fsp3) is 0.429. The van der Waals surface area contributed by atoms with Crippen LogP contribution in [0.3, 0.4) is 0 Å². The number of aromatic nitrogens is 2. The van der Waals surface area contributed by atoms with Gasteiger partial charge in [-0.15, -0.1) is 11.3 Å². The number of thiophene rings is 1. The van der Waals surface area contributed by atoms with E-state index < -0.39 is 11.9 Å². The number of nitrogens with zero attached hydrogens (tertiary/aromatic N) is 2. The van der Waals surface area contributed by atoms with Crippen LogP contribution in [0.5, 0.6) is 0 Å². The molecule has 0 bridgehead atoms. The minimum atomic E-state index is -4.51. The van der Waals surface area contributed by atoms with Gasteiger partial charge in [-0.3, -0.25) is 0 Å². The molecule has 2 rings (SSSR count). The maximum absolute atomic E-state index is 12.9. The molecule has 0 amide bonds. The van der Waals surface area contributed by atoms with Crippen LogP contribution in [0.2, 0.25) is 0 Å². The highest BCUT2D eigenvalue weighted by Crippen LogP contribution is 2.30. The molecule has 0 unspecified atom stereocenters. The zero-order valence-corrected chi connectivity index (χ0v) is 13.1. The monoisotopic (exact) mass is 330 g/mol. The molecule has 2 aromatic rings. The number of hydrogen-bond acceptors (Lipinski definition) is 5. The van der Waals surface area contributed by atoms with E-state index >= 15 is 0 Å². The van der Waals surface area contributed by atoms with Crippen molar-refractivity contribution in [2.75, 3.05) is 10.6 Å². The van der Waals surface area contributed by atoms with Gasteiger partial charge in [-0.1, -0.05) is 13.0 Å². The Morgan fingerprint density at radius 2 is 2.09 bits per heavy atom. The summed E-state index contributed by atoms with van der Waals surface area (Å²) in [5, 5.41) is 7.70. The van der Waals surface area contributed by atoms with E-state index in [0.717, 1.165) is 17.4 Å². The molecule has 1 atom stereocenters. The first-order chi connectivity index (χ1) is 10.4. The molecule has 0 radical (unpaired) electrons. The lowest BCUT2D eigenvalue weighted by molar-refractivity contribution is -0.141. The number of rotatable bonds is 6. The summed E-state index contributed by atoms with van der Waals surface area (Å²) in [5.41, 5.74) is -0.956. The molecule has 0 aromatic carbocycles. The van der Waals surface area contributed by atoms with Gasteiger partial charge in [-0.25, -0.2) is 4.98 Å². The molecule has 0 fully saturated rings. The molecule has 120 valence electrons. The Kier molecular flexibility index (Phi) is 5.23. The first kappa shape index (κ1) is 16.5.